The second-order valence-electron chi connectivity index (χ2n) is 4.30. The van der Waals surface area contributed by atoms with Crippen molar-refractivity contribution in [1.82, 2.24) is 4.98 Å². The van der Waals surface area contributed by atoms with Crippen molar-refractivity contribution in [3.63, 3.8) is 0 Å². The van der Waals surface area contributed by atoms with Crippen molar-refractivity contribution in [2.75, 3.05) is 0 Å². The Balaban J connectivity index is 2.61. The lowest BCUT2D eigenvalue weighted by Gasteiger charge is -2.13. The van der Waals surface area contributed by atoms with E-state index in [1.807, 2.05) is 13.0 Å². The summed E-state index contributed by atoms with van der Waals surface area (Å²) in [6, 6.07) is 7.13. The van der Waals surface area contributed by atoms with Gasteiger partial charge in [0, 0.05) is 18.0 Å². The molecule has 1 heterocycles. The molecular weight excluding hydrogens is 265 g/mol. The van der Waals surface area contributed by atoms with Crippen LogP contribution in [-0.2, 0) is 12.6 Å². The van der Waals surface area contributed by atoms with E-state index in [-0.39, 0.29) is 0 Å². The molecule has 1 aromatic heterocycles. The Labute approximate surface area is 114 Å². The van der Waals surface area contributed by atoms with Crippen LogP contribution in [0.2, 0.25) is 0 Å². The average Bonchev–Trinajstić information content (AvgIpc) is 2.45. The topological polar surface area (TPSA) is 36.7 Å². The fraction of sp³-hybridized carbons (Fsp3) is 0.200. The fourth-order valence-electron chi connectivity index (χ4n) is 1.98. The first-order valence-corrected chi connectivity index (χ1v) is 6.01. The van der Waals surface area contributed by atoms with Gasteiger partial charge < -0.3 is 0 Å². The number of hydrogen-bond acceptors (Lipinski definition) is 2. The number of nitriles is 1. The van der Waals surface area contributed by atoms with Gasteiger partial charge in [-0.1, -0.05) is 13.0 Å². The van der Waals surface area contributed by atoms with Crippen LogP contribution in [0.1, 0.15) is 23.6 Å². The molecule has 2 rings (SSSR count). The molecule has 0 atom stereocenters. The first-order chi connectivity index (χ1) is 9.45. The van der Waals surface area contributed by atoms with Crippen LogP contribution in [0, 0.1) is 11.3 Å². The molecule has 0 saturated carbocycles. The Kier molecular flexibility index (Phi) is 3.75. The van der Waals surface area contributed by atoms with Gasteiger partial charge in [0.2, 0.25) is 0 Å². The molecule has 0 fully saturated rings. The summed E-state index contributed by atoms with van der Waals surface area (Å²) in [5.74, 6) is 0. The number of pyridine rings is 1. The van der Waals surface area contributed by atoms with E-state index in [1.54, 1.807) is 6.07 Å². The molecule has 0 saturated heterocycles. The van der Waals surface area contributed by atoms with Crippen LogP contribution in [0.4, 0.5) is 13.2 Å². The molecule has 0 N–H and O–H groups in total. The molecule has 0 aliphatic heterocycles. The third kappa shape index (κ3) is 2.80. The summed E-state index contributed by atoms with van der Waals surface area (Å²) in [4.78, 5) is 3.90. The third-order valence-corrected chi connectivity index (χ3v) is 3.00. The molecule has 2 nitrogen and oxygen atoms in total. The lowest BCUT2D eigenvalue weighted by molar-refractivity contribution is -0.137. The minimum Gasteiger partial charge on any atom is -0.263 e. The van der Waals surface area contributed by atoms with Crippen LogP contribution in [0.5, 0.6) is 0 Å². The monoisotopic (exact) mass is 276 g/mol. The van der Waals surface area contributed by atoms with Crippen LogP contribution >= 0.6 is 0 Å². The zero-order valence-corrected chi connectivity index (χ0v) is 10.7. The van der Waals surface area contributed by atoms with Crippen molar-refractivity contribution in [1.29, 1.82) is 5.26 Å². The van der Waals surface area contributed by atoms with Crippen LogP contribution in [0.25, 0.3) is 11.1 Å². The molecule has 0 amide bonds. The number of hydrogen-bond donors (Lipinski definition) is 0. The van der Waals surface area contributed by atoms with E-state index in [9.17, 15) is 13.2 Å². The first-order valence-electron chi connectivity index (χ1n) is 6.01. The first kappa shape index (κ1) is 14.1. The maximum atomic E-state index is 12.8. The quantitative estimate of drug-likeness (QED) is 0.824. The Morgan fingerprint density at radius 3 is 2.55 bits per heavy atom. The Bertz CT molecular complexity index is 670. The molecule has 0 unspecified atom stereocenters. The van der Waals surface area contributed by atoms with Crippen molar-refractivity contribution >= 4 is 0 Å². The number of aromatic nitrogens is 1. The largest absolute Gasteiger partial charge is 0.416 e. The van der Waals surface area contributed by atoms with E-state index < -0.39 is 11.7 Å². The highest BCUT2D eigenvalue weighted by Crippen LogP contribution is 2.34. The van der Waals surface area contributed by atoms with E-state index in [2.05, 4.69) is 4.98 Å². The van der Waals surface area contributed by atoms with Gasteiger partial charge >= 0.3 is 6.18 Å². The molecule has 0 aliphatic carbocycles. The van der Waals surface area contributed by atoms with Crippen molar-refractivity contribution in [2.45, 2.75) is 19.5 Å². The third-order valence-electron chi connectivity index (χ3n) is 3.00. The van der Waals surface area contributed by atoms with E-state index in [0.717, 1.165) is 17.7 Å². The minimum atomic E-state index is -4.39. The summed E-state index contributed by atoms with van der Waals surface area (Å²) < 4.78 is 38.4. The smallest absolute Gasteiger partial charge is 0.263 e. The number of aryl methyl sites for hydroxylation is 1. The molecule has 0 spiro atoms. The number of benzene rings is 1. The van der Waals surface area contributed by atoms with Crippen molar-refractivity contribution < 1.29 is 13.2 Å². The number of nitrogens with zero attached hydrogens (tertiary/aromatic N) is 2. The number of rotatable bonds is 2. The molecule has 0 aliphatic rings. The average molecular weight is 276 g/mol. The predicted molar refractivity (Wildman–Crippen MR) is 68.8 cm³/mol. The van der Waals surface area contributed by atoms with E-state index in [1.165, 1.54) is 18.5 Å². The van der Waals surface area contributed by atoms with E-state index >= 15 is 0 Å². The summed E-state index contributed by atoms with van der Waals surface area (Å²) in [5, 5.41) is 8.85. The molecule has 2 aromatic rings. The zero-order chi connectivity index (χ0) is 14.8. The normalized spacial score (nSPS) is 11.2. The Morgan fingerprint density at radius 2 is 1.95 bits per heavy atom. The lowest BCUT2D eigenvalue weighted by Crippen LogP contribution is -2.05. The van der Waals surface area contributed by atoms with E-state index in [0.29, 0.717) is 23.1 Å². The van der Waals surface area contributed by atoms with E-state index in [4.69, 9.17) is 5.26 Å². The number of alkyl halides is 3. The molecule has 5 heteroatoms. The summed E-state index contributed by atoms with van der Waals surface area (Å²) in [5.41, 5.74) is 1.39. The van der Waals surface area contributed by atoms with Gasteiger partial charge in [-0.05, 0) is 35.7 Å². The van der Waals surface area contributed by atoms with Crippen LogP contribution in [0.3, 0.4) is 0 Å². The Hall–Kier alpha value is -2.35. The van der Waals surface area contributed by atoms with Crippen LogP contribution < -0.4 is 0 Å². The lowest BCUT2D eigenvalue weighted by atomic mass is 9.96. The van der Waals surface area contributed by atoms with Gasteiger partial charge in [0.1, 0.15) is 6.07 Å². The fourth-order valence-corrected chi connectivity index (χ4v) is 1.98. The van der Waals surface area contributed by atoms with Crippen LogP contribution in [-0.4, -0.2) is 4.98 Å². The van der Waals surface area contributed by atoms with Gasteiger partial charge in [0.05, 0.1) is 11.1 Å². The second-order valence-corrected chi connectivity index (χ2v) is 4.30. The molecule has 20 heavy (non-hydrogen) atoms. The summed E-state index contributed by atoms with van der Waals surface area (Å²) in [6.45, 7) is 1.87. The van der Waals surface area contributed by atoms with Gasteiger partial charge in [0.15, 0.2) is 0 Å². The van der Waals surface area contributed by atoms with Crippen molar-refractivity contribution in [2.24, 2.45) is 0 Å². The molecule has 0 radical (unpaired) electrons. The molecule has 102 valence electrons. The maximum Gasteiger partial charge on any atom is 0.416 e. The predicted octanol–water partition coefficient (Wildman–Crippen LogP) is 4.20. The van der Waals surface area contributed by atoms with Gasteiger partial charge in [-0.3, -0.25) is 4.98 Å². The van der Waals surface area contributed by atoms with Gasteiger partial charge in [-0.2, -0.15) is 18.4 Å². The van der Waals surface area contributed by atoms with Gasteiger partial charge in [-0.15, -0.1) is 0 Å². The zero-order valence-electron chi connectivity index (χ0n) is 10.7. The Morgan fingerprint density at radius 1 is 1.20 bits per heavy atom. The van der Waals surface area contributed by atoms with Crippen molar-refractivity contribution in [3.05, 3.63) is 53.3 Å². The van der Waals surface area contributed by atoms with Gasteiger partial charge in [-0.25, -0.2) is 0 Å². The second kappa shape index (κ2) is 5.33. The minimum absolute atomic E-state index is 0.321. The molecule has 1 aromatic carbocycles. The van der Waals surface area contributed by atoms with Gasteiger partial charge in [0.25, 0.3) is 0 Å². The summed E-state index contributed by atoms with van der Waals surface area (Å²) in [7, 11) is 0. The molecule has 0 bridgehead atoms. The standard InChI is InChI=1S/C15H11F3N2/c1-2-11-3-4-13(15(16,17)18)6-14(11)12-5-10(7-19)8-20-9-12/h3-6,8-9H,2H2,1H3. The van der Waals surface area contributed by atoms with Crippen molar-refractivity contribution in [3.8, 4) is 17.2 Å². The highest BCUT2D eigenvalue weighted by Gasteiger charge is 2.31. The van der Waals surface area contributed by atoms with Crippen LogP contribution in [0.15, 0.2) is 36.7 Å². The maximum absolute atomic E-state index is 12.8. The number of halogens is 3. The highest BCUT2D eigenvalue weighted by molar-refractivity contribution is 5.68. The summed E-state index contributed by atoms with van der Waals surface area (Å²) in [6.07, 6.45) is -0.941. The highest BCUT2D eigenvalue weighted by atomic mass is 19.4. The summed E-state index contributed by atoms with van der Waals surface area (Å²) >= 11 is 0. The SMILES string of the molecule is CCc1ccc(C(F)(F)F)cc1-c1cncc(C#N)c1. The molecular formula is C15H11F3N2.